The van der Waals surface area contributed by atoms with E-state index in [9.17, 15) is 13.2 Å². The first-order valence-electron chi connectivity index (χ1n) is 13.7. The number of rotatable bonds is 12. The Kier molecular flexibility index (Phi) is 9.31. The summed E-state index contributed by atoms with van der Waals surface area (Å²) in [6.45, 7) is 0.423. The molecule has 0 atom stereocenters. The first-order chi connectivity index (χ1) is 20.3. The SMILES string of the molecule is O=C1/C(=C/c2ccc(OCCCCCCS(=O)(=O)O)c(Cl)c2)N=C2C(Cc3ccccc3)=NC(c3ccccc3)=CN12. The fourth-order valence-corrected chi connectivity index (χ4v) is 5.47. The molecule has 0 radical (unpaired) electrons. The molecule has 0 aliphatic carbocycles. The minimum absolute atomic E-state index is 0.228. The lowest BCUT2D eigenvalue weighted by Crippen LogP contribution is -2.36. The summed E-state index contributed by atoms with van der Waals surface area (Å²) in [5.74, 6) is 0.557. The summed E-state index contributed by atoms with van der Waals surface area (Å²) in [5.41, 5.74) is 4.37. The van der Waals surface area contributed by atoms with Gasteiger partial charge in [-0.1, -0.05) is 91.2 Å². The second-order valence-electron chi connectivity index (χ2n) is 9.98. The third-order valence-electron chi connectivity index (χ3n) is 6.75. The molecule has 5 rings (SSSR count). The molecule has 2 aliphatic rings. The van der Waals surface area contributed by atoms with Crippen LogP contribution in [0.25, 0.3) is 11.8 Å². The van der Waals surface area contributed by atoms with Crippen LogP contribution in [0.5, 0.6) is 5.75 Å². The standard InChI is InChI=1S/C32H30ClN3O5S/c33-26-19-24(15-16-30(26)41-17-9-1-2-10-18-42(38,39)40)21-28-32(37)36-22-29(25-13-7-4-8-14-25)34-27(31(36)35-28)20-23-11-5-3-6-12-23/h3-8,11-16,19,21-22H,1-2,9-10,17-18,20H2,(H,38,39,40)/b28-21-. The van der Waals surface area contributed by atoms with Crippen molar-refractivity contribution >= 4 is 50.9 Å². The Morgan fingerprint density at radius 3 is 2.33 bits per heavy atom. The molecule has 0 fully saturated rings. The van der Waals surface area contributed by atoms with Gasteiger partial charge >= 0.3 is 0 Å². The van der Waals surface area contributed by atoms with E-state index in [1.54, 1.807) is 29.3 Å². The summed E-state index contributed by atoms with van der Waals surface area (Å²) in [6.07, 6.45) is 6.54. The monoisotopic (exact) mass is 603 g/mol. The summed E-state index contributed by atoms with van der Waals surface area (Å²) in [7, 11) is -3.91. The molecule has 10 heteroatoms. The third-order valence-corrected chi connectivity index (χ3v) is 7.85. The lowest BCUT2D eigenvalue weighted by atomic mass is 10.1. The second kappa shape index (κ2) is 13.3. The molecule has 0 saturated heterocycles. The van der Waals surface area contributed by atoms with Crippen molar-refractivity contribution < 1.29 is 22.5 Å². The van der Waals surface area contributed by atoms with Gasteiger partial charge in [-0.05, 0) is 42.2 Å². The van der Waals surface area contributed by atoms with Gasteiger partial charge < -0.3 is 4.74 Å². The van der Waals surface area contributed by atoms with Crippen molar-refractivity contribution in [1.82, 2.24) is 4.90 Å². The lowest BCUT2D eigenvalue weighted by molar-refractivity contribution is -0.120. The largest absolute Gasteiger partial charge is 0.492 e. The molecule has 216 valence electrons. The number of nitrogens with zero attached hydrogens (tertiary/aromatic N) is 3. The molecule has 3 aromatic rings. The average Bonchev–Trinajstić information content (AvgIpc) is 3.29. The number of unbranched alkanes of at least 4 members (excludes halogenated alkanes) is 3. The Hall–Kier alpha value is -4.05. The number of hydrogen-bond acceptors (Lipinski definition) is 6. The molecule has 0 saturated carbocycles. The van der Waals surface area contributed by atoms with Crippen LogP contribution >= 0.6 is 11.6 Å². The Morgan fingerprint density at radius 2 is 1.62 bits per heavy atom. The van der Waals surface area contributed by atoms with Crippen LogP contribution in [-0.2, 0) is 21.3 Å². The van der Waals surface area contributed by atoms with Crippen LogP contribution in [0.4, 0.5) is 0 Å². The molecule has 0 spiro atoms. The summed E-state index contributed by atoms with van der Waals surface area (Å²) in [5, 5.41) is 0.407. The van der Waals surface area contributed by atoms with Crippen molar-refractivity contribution in [3.05, 3.63) is 112 Å². The number of ether oxygens (including phenoxy) is 1. The molecule has 2 heterocycles. The van der Waals surface area contributed by atoms with Crippen LogP contribution in [-0.4, -0.2) is 47.7 Å². The van der Waals surface area contributed by atoms with E-state index in [0.717, 1.165) is 24.0 Å². The highest BCUT2D eigenvalue weighted by molar-refractivity contribution is 7.85. The van der Waals surface area contributed by atoms with Crippen LogP contribution in [0.3, 0.4) is 0 Å². The van der Waals surface area contributed by atoms with Gasteiger partial charge in [0.2, 0.25) is 0 Å². The maximum atomic E-state index is 13.5. The summed E-state index contributed by atoms with van der Waals surface area (Å²) in [4.78, 5) is 24.7. The average molecular weight is 604 g/mol. The van der Waals surface area contributed by atoms with Gasteiger partial charge in [0, 0.05) is 18.2 Å². The quantitative estimate of drug-likeness (QED) is 0.145. The van der Waals surface area contributed by atoms with E-state index in [4.69, 9.17) is 30.9 Å². The number of fused-ring (bicyclic) bond motifs is 1. The molecule has 2 aliphatic heterocycles. The van der Waals surface area contributed by atoms with Crippen LogP contribution in [0, 0.1) is 0 Å². The minimum atomic E-state index is -3.91. The second-order valence-corrected chi connectivity index (χ2v) is 12.0. The van der Waals surface area contributed by atoms with Crippen molar-refractivity contribution in [2.75, 3.05) is 12.4 Å². The predicted molar refractivity (Wildman–Crippen MR) is 166 cm³/mol. The fourth-order valence-electron chi connectivity index (χ4n) is 4.66. The Bertz CT molecular complexity index is 1680. The summed E-state index contributed by atoms with van der Waals surface area (Å²) < 4.78 is 36.2. The van der Waals surface area contributed by atoms with Crippen LogP contribution in [0.1, 0.15) is 42.4 Å². The highest BCUT2D eigenvalue weighted by Crippen LogP contribution is 2.31. The van der Waals surface area contributed by atoms with E-state index >= 15 is 0 Å². The van der Waals surface area contributed by atoms with E-state index in [1.165, 1.54) is 0 Å². The van der Waals surface area contributed by atoms with Gasteiger partial charge in [-0.25, -0.2) is 9.98 Å². The molecular weight excluding hydrogens is 574 g/mol. The van der Waals surface area contributed by atoms with E-state index in [2.05, 4.69) is 0 Å². The van der Waals surface area contributed by atoms with Gasteiger partial charge in [-0.3, -0.25) is 14.2 Å². The number of aliphatic imine (C=N–C) groups is 2. The third kappa shape index (κ3) is 7.61. The number of amides is 1. The minimum Gasteiger partial charge on any atom is -0.492 e. The van der Waals surface area contributed by atoms with Gasteiger partial charge in [0.25, 0.3) is 16.0 Å². The van der Waals surface area contributed by atoms with Crippen LogP contribution in [0.15, 0.2) is 101 Å². The highest BCUT2D eigenvalue weighted by Gasteiger charge is 2.35. The summed E-state index contributed by atoms with van der Waals surface area (Å²) >= 11 is 6.48. The molecule has 0 aromatic heterocycles. The zero-order chi connectivity index (χ0) is 29.5. The summed E-state index contributed by atoms with van der Waals surface area (Å²) in [6, 6.07) is 25.0. The Labute approximate surface area is 250 Å². The topological polar surface area (TPSA) is 109 Å². The van der Waals surface area contributed by atoms with Gasteiger partial charge in [-0.2, -0.15) is 8.42 Å². The Balaban J connectivity index is 1.30. The molecular formula is C32H30ClN3O5S. The first kappa shape index (κ1) is 29.4. The van der Waals surface area contributed by atoms with Gasteiger partial charge in [0.15, 0.2) is 5.84 Å². The van der Waals surface area contributed by atoms with Gasteiger partial charge in [0.05, 0.1) is 28.8 Å². The molecule has 0 unspecified atom stereocenters. The van der Waals surface area contributed by atoms with E-state index in [0.29, 0.717) is 59.4 Å². The van der Waals surface area contributed by atoms with E-state index in [-0.39, 0.29) is 17.4 Å². The number of halogens is 1. The zero-order valence-corrected chi connectivity index (χ0v) is 24.4. The smallest absolute Gasteiger partial charge is 0.282 e. The predicted octanol–water partition coefficient (Wildman–Crippen LogP) is 6.44. The van der Waals surface area contributed by atoms with Crippen molar-refractivity contribution in [3.63, 3.8) is 0 Å². The van der Waals surface area contributed by atoms with Crippen molar-refractivity contribution in [2.24, 2.45) is 9.98 Å². The molecule has 3 aromatic carbocycles. The van der Waals surface area contributed by atoms with E-state index in [1.807, 2.05) is 66.7 Å². The van der Waals surface area contributed by atoms with E-state index < -0.39 is 10.1 Å². The normalized spacial score (nSPS) is 15.8. The number of hydrogen-bond donors (Lipinski definition) is 1. The van der Waals surface area contributed by atoms with Crippen molar-refractivity contribution in [2.45, 2.75) is 32.1 Å². The highest BCUT2D eigenvalue weighted by atomic mass is 35.5. The Morgan fingerprint density at radius 1 is 0.905 bits per heavy atom. The number of carbonyl (C=O) groups excluding carboxylic acids is 1. The maximum absolute atomic E-state index is 13.5. The molecule has 1 N–H and O–H groups in total. The fraction of sp³-hybridized carbons (Fsp3) is 0.219. The molecule has 1 amide bonds. The molecule has 42 heavy (non-hydrogen) atoms. The van der Waals surface area contributed by atoms with Crippen molar-refractivity contribution in [3.8, 4) is 5.75 Å². The number of carbonyl (C=O) groups is 1. The number of benzene rings is 3. The number of amidine groups is 1. The van der Waals surface area contributed by atoms with Gasteiger partial charge in [0.1, 0.15) is 11.4 Å². The van der Waals surface area contributed by atoms with Crippen molar-refractivity contribution in [1.29, 1.82) is 0 Å². The lowest BCUT2D eigenvalue weighted by Gasteiger charge is -2.21. The molecule has 0 bridgehead atoms. The first-order valence-corrected chi connectivity index (χ1v) is 15.7. The van der Waals surface area contributed by atoms with Crippen LogP contribution < -0.4 is 4.74 Å². The van der Waals surface area contributed by atoms with Crippen LogP contribution in [0.2, 0.25) is 5.02 Å². The van der Waals surface area contributed by atoms with Gasteiger partial charge in [-0.15, -0.1) is 0 Å². The zero-order valence-electron chi connectivity index (χ0n) is 22.8. The molecule has 8 nitrogen and oxygen atoms in total. The maximum Gasteiger partial charge on any atom is 0.282 e.